The molecule has 1 fully saturated rings. The van der Waals surface area contributed by atoms with E-state index < -0.39 is 10.0 Å². The van der Waals surface area contributed by atoms with Gasteiger partial charge < -0.3 is 10.2 Å². The van der Waals surface area contributed by atoms with E-state index >= 15 is 0 Å². The van der Waals surface area contributed by atoms with Crippen molar-refractivity contribution >= 4 is 31.8 Å². The van der Waals surface area contributed by atoms with Crippen LogP contribution in [-0.2, 0) is 10.0 Å². The van der Waals surface area contributed by atoms with Crippen LogP contribution < -0.4 is 10.0 Å². The molecule has 8 heteroatoms. The van der Waals surface area contributed by atoms with Gasteiger partial charge in [0.05, 0.1) is 0 Å². The topological polar surface area (TPSA) is 74.3 Å². The van der Waals surface area contributed by atoms with Crippen molar-refractivity contribution in [2.45, 2.75) is 11.3 Å². The first kappa shape index (κ1) is 15.7. The molecule has 2 heterocycles. The molecule has 112 valence electrons. The minimum Gasteiger partial charge on any atom is -0.372 e. The summed E-state index contributed by atoms with van der Waals surface area (Å²) < 4.78 is 28.1. The van der Waals surface area contributed by atoms with Gasteiger partial charge in [-0.15, -0.1) is 0 Å². The number of sulfonamides is 1. The average Bonchev–Trinajstić information content (AvgIpc) is 2.82. The van der Waals surface area contributed by atoms with Crippen molar-refractivity contribution in [2.24, 2.45) is 5.92 Å². The molecule has 1 aromatic heterocycles. The van der Waals surface area contributed by atoms with Crippen molar-refractivity contribution in [2.75, 3.05) is 39.0 Å². The van der Waals surface area contributed by atoms with Crippen molar-refractivity contribution in [1.82, 2.24) is 14.6 Å². The monoisotopic (exact) mass is 362 g/mol. The SMILES string of the molecule is CNc1ncc(Br)cc1S(=O)(=O)NCC1CCN(C)C1. The van der Waals surface area contributed by atoms with Gasteiger partial charge in [-0.3, -0.25) is 0 Å². The highest BCUT2D eigenvalue weighted by molar-refractivity contribution is 9.10. The predicted octanol–water partition coefficient (Wildman–Crippen LogP) is 1.12. The fourth-order valence-electron chi connectivity index (χ4n) is 2.31. The summed E-state index contributed by atoms with van der Waals surface area (Å²) in [7, 11) is 0.147. The third kappa shape index (κ3) is 3.69. The molecule has 0 amide bonds. The molecule has 6 nitrogen and oxygen atoms in total. The Bertz CT molecular complexity index is 579. The van der Waals surface area contributed by atoms with Crippen LogP contribution >= 0.6 is 15.9 Å². The van der Waals surface area contributed by atoms with E-state index in [-0.39, 0.29) is 4.90 Å². The van der Waals surface area contributed by atoms with E-state index in [4.69, 9.17) is 0 Å². The van der Waals surface area contributed by atoms with Gasteiger partial charge in [0.15, 0.2) is 0 Å². The maximum absolute atomic E-state index is 12.4. The number of rotatable bonds is 5. The molecular weight excluding hydrogens is 344 g/mol. The van der Waals surface area contributed by atoms with E-state index in [1.54, 1.807) is 19.3 Å². The van der Waals surface area contributed by atoms with Crippen molar-refractivity contribution in [3.8, 4) is 0 Å². The molecule has 2 rings (SSSR count). The lowest BCUT2D eigenvalue weighted by atomic mass is 10.1. The van der Waals surface area contributed by atoms with Crippen LogP contribution in [0.4, 0.5) is 5.82 Å². The minimum absolute atomic E-state index is 0.167. The maximum Gasteiger partial charge on any atom is 0.244 e. The van der Waals surface area contributed by atoms with E-state index in [0.717, 1.165) is 19.5 Å². The van der Waals surface area contributed by atoms with Gasteiger partial charge in [0.1, 0.15) is 10.7 Å². The molecular formula is C12H19BrN4O2S. The summed E-state index contributed by atoms with van der Waals surface area (Å²) in [5, 5.41) is 2.80. The number of hydrogen-bond acceptors (Lipinski definition) is 5. The number of nitrogens with zero attached hydrogens (tertiary/aromatic N) is 2. The van der Waals surface area contributed by atoms with Crippen molar-refractivity contribution in [3.05, 3.63) is 16.7 Å². The third-order valence-corrected chi connectivity index (χ3v) is 5.27. The second-order valence-corrected chi connectivity index (χ2v) is 7.67. The standard InChI is InChI=1S/C12H19BrN4O2S/c1-14-12-11(5-10(13)7-15-12)20(18,19)16-6-9-3-4-17(2)8-9/h5,7,9,16H,3-4,6,8H2,1-2H3,(H,14,15). The molecule has 0 radical (unpaired) electrons. The van der Waals surface area contributed by atoms with Crippen LogP contribution in [0.2, 0.25) is 0 Å². The highest BCUT2D eigenvalue weighted by Gasteiger charge is 2.24. The Morgan fingerprint density at radius 3 is 2.90 bits per heavy atom. The number of aromatic nitrogens is 1. The van der Waals surface area contributed by atoms with Gasteiger partial charge in [-0.25, -0.2) is 18.1 Å². The van der Waals surface area contributed by atoms with Gasteiger partial charge >= 0.3 is 0 Å². The van der Waals surface area contributed by atoms with E-state index in [1.807, 2.05) is 7.05 Å². The fraction of sp³-hybridized carbons (Fsp3) is 0.583. The molecule has 0 saturated carbocycles. The lowest BCUT2D eigenvalue weighted by Gasteiger charge is -2.14. The van der Waals surface area contributed by atoms with Crippen molar-refractivity contribution in [3.63, 3.8) is 0 Å². The lowest BCUT2D eigenvalue weighted by Crippen LogP contribution is -2.31. The number of halogens is 1. The molecule has 0 aliphatic carbocycles. The zero-order valence-electron chi connectivity index (χ0n) is 11.6. The Morgan fingerprint density at radius 2 is 2.30 bits per heavy atom. The Morgan fingerprint density at radius 1 is 1.55 bits per heavy atom. The van der Waals surface area contributed by atoms with Gasteiger partial charge in [0.25, 0.3) is 0 Å². The summed E-state index contributed by atoms with van der Waals surface area (Å²) in [4.78, 5) is 6.44. The minimum atomic E-state index is -3.55. The van der Waals surface area contributed by atoms with E-state index in [2.05, 4.69) is 35.9 Å². The average molecular weight is 363 g/mol. The smallest absolute Gasteiger partial charge is 0.244 e. The maximum atomic E-state index is 12.4. The lowest BCUT2D eigenvalue weighted by molar-refractivity contribution is 0.394. The van der Waals surface area contributed by atoms with Crippen LogP contribution in [0.5, 0.6) is 0 Å². The van der Waals surface area contributed by atoms with Crippen LogP contribution in [0, 0.1) is 5.92 Å². The first-order valence-electron chi connectivity index (χ1n) is 6.44. The number of likely N-dealkylation sites (tertiary alicyclic amines) is 1. The van der Waals surface area contributed by atoms with Crippen LogP contribution in [0.15, 0.2) is 21.6 Å². The van der Waals surface area contributed by atoms with E-state index in [1.165, 1.54) is 0 Å². The predicted molar refractivity (Wildman–Crippen MR) is 82.3 cm³/mol. The summed E-state index contributed by atoms with van der Waals surface area (Å²) in [5.74, 6) is 0.720. The Hall–Kier alpha value is -0.700. The number of hydrogen-bond donors (Lipinski definition) is 2. The number of anilines is 1. The van der Waals surface area contributed by atoms with Gasteiger partial charge in [-0.05, 0) is 47.9 Å². The van der Waals surface area contributed by atoms with Gasteiger partial charge in [0, 0.05) is 30.8 Å². The summed E-state index contributed by atoms with van der Waals surface area (Å²) in [6, 6.07) is 1.56. The molecule has 20 heavy (non-hydrogen) atoms. The van der Waals surface area contributed by atoms with E-state index in [9.17, 15) is 8.42 Å². The summed E-state index contributed by atoms with van der Waals surface area (Å²) in [6.45, 7) is 2.41. The quantitative estimate of drug-likeness (QED) is 0.820. The highest BCUT2D eigenvalue weighted by atomic mass is 79.9. The largest absolute Gasteiger partial charge is 0.372 e. The number of nitrogens with one attached hydrogen (secondary N) is 2. The second kappa shape index (κ2) is 6.38. The van der Waals surface area contributed by atoms with Gasteiger partial charge in [-0.2, -0.15) is 0 Å². The van der Waals surface area contributed by atoms with Crippen LogP contribution in [-0.4, -0.2) is 52.0 Å². The van der Waals surface area contributed by atoms with Crippen LogP contribution in [0.1, 0.15) is 6.42 Å². The fourth-order valence-corrected chi connectivity index (χ4v) is 4.10. The third-order valence-electron chi connectivity index (χ3n) is 3.40. The Kier molecular flexibility index (Phi) is 5.00. The number of pyridine rings is 1. The van der Waals surface area contributed by atoms with E-state index in [0.29, 0.717) is 22.8 Å². The summed E-state index contributed by atoms with van der Waals surface area (Å²) >= 11 is 3.25. The molecule has 1 atom stereocenters. The first-order valence-corrected chi connectivity index (χ1v) is 8.71. The van der Waals surface area contributed by atoms with Crippen LogP contribution in [0.25, 0.3) is 0 Å². The first-order chi connectivity index (χ1) is 9.42. The molecule has 1 aliphatic rings. The summed E-state index contributed by atoms with van der Waals surface area (Å²) in [6.07, 6.45) is 2.59. The van der Waals surface area contributed by atoms with Gasteiger partial charge in [0.2, 0.25) is 10.0 Å². The molecule has 2 N–H and O–H groups in total. The van der Waals surface area contributed by atoms with Gasteiger partial charge in [-0.1, -0.05) is 0 Å². The zero-order chi connectivity index (χ0) is 14.8. The molecule has 0 bridgehead atoms. The Labute approximate surface area is 128 Å². The highest BCUT2D eigenvalue weighted by Crippen LogP contribution is 2.23. The summed E-state index contributed by atoms with van der Waals surface area (Å²) in [5.41, 5.74) is 0. The zero-order valence-corrected chi connectivity index (χ0v) is 14.0. The Balaban J connectivity index is 2.12. The normalized spacial score (nSPS) is 20.2. The molecule has 0 spiro atoms. The van der Waals surface area contributed by atoms with Crippen molar-refractivity contribution < 1.29 is 8.42 Å². The molecule has 0 aromatic carbocycles. The molecule has 1 saturated heterocycles. The second-order valence-electron chi connectivity index (χ2n) is 5.02. The van der Waals surface area contributed by atoms with Crippen LogP contribution in [0.3, 0.4) is 0 Å². The molecule has 1 aromatic rings. The molecule has 1 aliphatic heterocycles. The molecule has 1 unspecified atom stereocenters. The van der Waals surface area contributed by atoms with Crippen molar-refractivity contribution in [1.29, 1.82) is 0 Å².